The van der Waals surface area contributed by atoms with Gasteiger partial charge in [-0.1, -0.05) is 0 Å². The summed E-state index contributed by atoms with van der Waals surface area (Å²) >= 11 is 0. The molecule has 1 atom stereocenters. The SMILES string of the molecule is CN(C)C(CNc1ccc([N+](=O)[O-])cc1S(C)(=O)=O)c1cnn(C)c1. The van der Waals surface area contributed by atoms with Crippen molar-refractivity contribution in [3.05, 3.63) is 46.3 Å². The normalized spacial score (nSPS) is 13.0. The van der Waals surface area contributed by atoms with Crippen LogP contribution in [0.25, 0.3) is 0 Å². The Hall–Kier alpha value is -2.46. The summed E-state index contributed by atoms with van der Waals surface area (Å²) in [6, 6.07) is 3.74. The van der Waals surface area contributed by atoms with Crippen molar-refractivity contribution >= 4 is 21.2 Å². The lowest BCUT2D eigenvalue weighted by molar-refractivity contribution is -0.385. The van der Waals surface area contributed by atoms with Gasteiger partial charge in [0.05, 0.1) is 27.7 Å². The molecule has 0 fully saturated rings. The van der Waals surface area contributed by atoms with E-state index < -0.39 is 14.8 Å². The van der Waals surface area contributed by atoms with E-state index in [4.69, 9.17) is 0 Å². The Balaban J connectivity index is 2.31. The van der Waals surface area contributed by atoms with Gasteiger partial charge in [-0.25, -0.2) is 8.42 Å². The van der Waals surface area contributed by atoms with Gasteiger partial charge in [-0.15, -0.1) is 0 Å². The van der Waals surface area contributed by atoms with Crippen molar-refractivity contribution < 1.29 is 13.3 Å². The highest BCUT2D eigenvalue weighted by Crippen LogP contribution is 2.27. The van der Waals surface area contributed by atoms with Crippen molar-refractivity contribution in [2.24, 2.45) is 7.05 Å². The summed E-state index contributed by atoms with van der Waals surface area (Å²) in [6.45, 7) is 0.416. The van der Waals surface area contributed by atoms with Crippen molar-refractivity contribution in [3.8, 4) is 0 Å². The predicted octanol–water partition coefficient (Wildman–Crippen LogP) is 1.45. The molecule has 2 aromatic rings. The second kappa shape index (κ2) is 7.19. The second-order valence-electron chi connectivity index (χ2n) is 6.02. The Morgan fingerprint density at radius 1 is 1.40 bits per heavy atom. The lowest BCUT2D eigenvalue weighted by Gasteiger charge is -2.24. The van der Waals surface area contributed by atoms with Crippen molar-refractivity contribution in [2.45, 2.75) is 10.9 Å². The minimum Gasteiger partial charge on any atom is -0.382 e. The summed E-state index contributed by atoms with van der Waals surface area (Å²) in [5.41, 5.74) is 1.05. The molecule has 0 aliphatic heterocycles. The molecule has 0 spiro atoms. The summed E-state index contributed by atoms with van der Waals surface area (Å²) in [5.74, 6) is 0. The molecule has 1 aromatic carbocycles. The first-order valence-electron chi connectivity index (χ1n) is 7.47. The Labute approximate surface area is 146 Å². The van der Waals surface area contributed by atoms with E-state index in [0.29, 0.717) is 12.2 Å². The number of hydrogen-bond acceptors (Lipinski definition) is 7. The van der Waals surface area contributed by atoms with E-state index in [2.05, 4.69) is 10.4 Å². The minimum atomic E-state index is -3.62. The van der Waals surface area contributed by atoms with Crippen LogP contribution < -0.4 is 5.32 Å². The number of likely N-dealkylation sites (N-methyl/N-ethyl adjacent to an activating group) is 1. The fourth-order valence-corrected chi connectivity index (χ4v) is 3.37. The number of sulfone groups is 1. The van der Waals surface area contributed by atoms with E-state index in [9.17, 15) is 18.5 Å². The maximum atomic E-state index is 12.0. The molecular formula is C15H21N5O4S. The van der Waals surface area contributed by atoms with E-state index in [1.165, 1.54) is 12.1 Å². The minimum absolute atomic E-state index is 0.0451. The Morgan fingerprint density at radius 2 is 2.08 bits per heavy atom. The number of anilines is 1. The number of nitrogens with one attached hydrogen (secondary N) is 1. The Kier molecular flexibility index (Phi) is 5.43. The van der Waals surface area contributed by atoms with Crippen LogP contribution in [-0.2, 0) is 16.9 Å². The molecule has 0 radical (unpaired) electrons. The van der Waals surface area contributed by atoms with Gasteiger partial charge < -0.3 is 10.2 Å². The molecule has 9 nitrogen and oxygen atoms in total. The van der Waals surface area contributed by atoms with Crippen LogP contribution in [0.2, 0.25) is 0 Å². The van der Waals surface area contributed by atoms with E-state index >= 15 is 0 Å². The van der Waals surface area contributed by atoms with Gasteiger partial charge in [0, 0.05) is 43.7 Å². The van der Waals surface area contributed by atoms with Gasteiger partial charge in [0.2, 0.25) is 0 Å². The lowest BCUT2D eigenvalue weighted by Crippen LogP contribution is -2.27. The molecule has 25 heavy (non-hydrogen) atoms. The summed E-state index contributed by atoms with van der Waals surface area (Å²) in [4.78, 5) is 12.2. The molecule has 1 aromatic heterocycles. The summed E-state index contributed by atoms with van der Waals surface area (Å²) < 4.78 is 25.7. The first kappa shape index (κ1) is 18.9. The molecule has 10 heteroatoms. The van der Waals surface area contributed by atoms with Crippen LogP contribution in [0.1, 0.15) is 11.6 Å². The molecule has 0 aliphatic carbocycles. The third-order valence-electron chi connectivity index (χ3n) is 3.79. The molecule has 0 bridgehead atoms. The Morgan fingerprint density at radius 3 is 2.56 bits per heavy atom. The largest absolute Gasteiger partial charge is 0.382 e. The van der Waals surface area contributed by atoms with Gasteiger partial charge >= 0.3 is 0 Å². The molecule has 1 N–H and O–H groups in total. The summed E-state index contributed by atoms with van der Waals surface area (Å²) in [7, 11) is 2.02. The van der Waals surface area contributed by atoms with Crippen molar-refractivity contribution in [2.75, 3.05) is 32.2 Å². The third kappa shape index (κ3) is 4.54. The van der Waals surface area contributed by atoms with Crippen molar-refractivity contribution in [3.63, 3.8) is 0 Å². The van der Waals surface area contributed by atoms with Crippen molar-refractivity contribution in [1.82, 2.24) is 14.7 Å². The number of nitro groups is 1. The molecule has 2 rings (SSSR count). The fourth-order valence-electron chi connectivity index (χ4n) is 2.49. The molecular weight excluding hydrogens is 346 g/mol. The molecule has 0 aliphatic rings. The number of benzene rings is 1. The third-order valence-corrected chi connectivity index (χ3v) is 4.93. The zero-order valence-electron chi connectivity index (χ0n) is 14.5. The highest BCUT2D eigenvalue weighted by atomic mass is 32.2. The zero-order chi connectivity index (χ0) is 18.8. The van der Waals surface area contributed by atoms with Gasteiger partial charge in [-0.05, 0) is 20.2 Å². The van der Waals surface area contributed by atoms with E-state index in [1.807, 2.05) is 32.2 Å². The maximum absolute atomic E-state index is 12.0. The molecule has 136 valence electrons. The number of aromatic nitrogens is 2. The standard InChI is InChI=1S/C15H21N5O4S/c1-18(2)14(11-8-17-19(3)10-11)9-16-13-6-5-12(20(21)22)7-15(13)25(4,23)24/h5-8,10,14,16H,9H2,1-4H3. The van der Waals surface area contributed by atoms with Gasteiger partial charge in [-0.2, -0.15) is 5.10 Å². The molecule has 1 heterocycles. The number of rotatable bonds is 7. The second-order valence-corrected chi connectivity index (χ2v) is 8.00. The van der Waals surface area contributed by atoms with Gasteiger partial charge in [0.1, 0.15) is 0 Å². The Bertz CT molecular complexity index is 876. The highest BCUT2D eigenvalue weighted by molar-refractivity contribution is 7.90. The average molecular weight is 367 g/mol. The monoisotopic (exact) mass is 367 g/mol. The topological polar surface area (TPSA) is 110 Å². The van der Waals surface area contributed by atoms with Crippen LogP contribution in [0.15, 0.2) is 35.5 Å². The van der Waals surface area contributed by atoms with Gasteiger partial charge in [-0.3, -0.25) is 14.8 Å². The maximum Gasteiger partial charge on any atom is 0.270 e. The number of hydrogen-bond donors (Lipinski definition) is 1. The van der Waals surface area contributed by atoms with Crippen LogP contribution in [0, 0.1) is 10.1 Å². The van der Waals surface area contributed by atoms with Gasteiger partial charge in [0.25, 0.3) is 5.69 Å². The van der Waals surface area contributed by atoms with Crippen LogP contribution in [0.5, 0.6) is 0 Å². The molecule has 0 saturated heterocycles. The quantitative estimate of drug-likeness (QED) is 0.582. The average Bonchev–Trinajstić information content (AvgIpc) is 2.92. The lowest BCUT2D eigenvalue weighted by atomic mass is 10.1. The molecule has 1 unspecified atom stereocenters. The van der Waals surface area contributed by atoms with Crippen LogP contribution in [-0.4, -0.2) is 54.9 Å². The van der Waals surface area contributed by atoms with E-state index in [1.54, 1.807) is 10.9 Å². The van der Waals surface area contributed by atoms with Crippen LogP contribution in [0.3, 0.4) is 0 Å². The zero-order valence-corrected chi connectivity index (χ0v) is 15.3. The van der Waals surface area contributed by atoms with Crippen LogP contribution in [0.4, 0.5) is 11.4 Å². The van der Waals surface area contributed by atoms with Crippen LogP contribution >= 0.6 is 0 Å². The first-order chi connectivity index (χ1) is 11.6. The first-order valence-corrected chi connectivity index (χ1v) is 9.36. The number of nitro benzene ring substituents is 1. The highest BCUT2D eigenvalue weighted by Gasteiger charge is 2.21. The molecule has 0 saturated carbocycles. The number of aryl methyl sites for hydroxylation is 1. The number of nitrogens with zero attached hydrogens (tertiary/aromatic N) is 4. The molecule has 0 amide bonds. The fraction of sp³-hybridized carbons (Fsp3) is 0.400. The summed E-state index contributed by atoms with van der Waals surface area (Å²) in [6.07, 6.45) is 4.67. The predicted molar refractivity (Wildman–Crippen MR) is 94.3 cm³/mol. The summed E-state index contributed by atoms with van der Waals surface area (Å²) in [5, 5.41) is 18.2. The number of non-ortho nitro benzene ring substituents is 1. The van der Waals surface area contributed by atoms with Crippen molar-refractivity contribution in [1.29, 1.82) is 0 Å². The smallest absolute Gasteiger partial charge is 0.270 e. The van der Waals surface area contributed by atoms with E-state index in [0.717, 1.165) is 17.9 Å². The van der Waals surface area contributed by atoms with E-state index in [-0.39, 0.29) is 16.6 Å². The van der Waals surface area contributed by atoms with Gasteiger partial charge in [0.15, 0.2) is 9.84 Å².